The van der Waals surface area contributed by atoms with Crippen LogP contribution in [-0.2, 0) is 13.1 Å². The summed E-state index contributed by atoms with van der Waals surface area (Å²) in [6.07, 6.45) is 6.50. The van der Waals surface area contributed by atoms with Crippen molar-refractivity contribution >= 4 is 11.8 Å². The third kappa shape index (κ3) is 4.51. The minimum Gasteiger partial charge on any atom is -0.347 e. The van der Waals surface area contributed by atoms with Gasteiger partial charge in [0.1, 0.15) is 5.69 Å². The topological polar surface area (TPSA) is 106 Å². The Balaban J connectivity index is 1.37. The summed E-state index contributed by atoms with van der Waals surface area (Å²) in [7, 11) is 0. The second-order valence-electron chi connectivity index (χ2n) is 7.33. The molecule has 0 saturated carbocycles. The highest BCUT2D eigenvalue weighted by Gasteiger charge is 2.31. The van der Waals surface area contributed by atoms with Crippen molar-refractivity contribution in [2.24, 2.45) is 0 Å². The van der Waals surface area contributed by atoms with Gasteiger partial charge in [0.25, 0.3) is 11.8 Å². The van der Waals surface area contributed by atoms with E-state index in [9.17, 15) is 9.59 Å². The number of benzene rings is 1. The molecule has 0 bridgehead atoms. The zero-order valence-corrected chi connectivity index (χ0v) is 16.7. The van der Waals surface area contributed by atoms with Gasteiger partial charge < -0.3 is 10.2 Å². The van der Waals surface area contributed by atoms with Gasteiger partial charge in [-0.05, 0) is 25.3 Å². The van der Waals surface area contributed by atoms with Crippen LogP contribution in [0.4, 0.5) is 0 Å². The highest BCUT2D eigenvalue weighted by molar-refractivity contribution is 5.92. The molecule has 1 saturated heterocycles. The van der Waals surface area contributed by atoms with Crippen LogP contribution in [0.25, 0.3) is 0 Å². The summed E-state index contributed by atoms with van der Waals surface area (Å²) in [5.74, 6) is -0.412. The fourth-order valence-corrected chi connectivity index (χ4v) is 3.52. The smallest absolute Gasteiger partial charge is 0.274 e. The molecular formula is C21H23N7O2. The van der Waals surface area contributed by atoms with Gasteiger partial charge in [0, 0.05) is 19.3 Å². The molecule has 1 aliphatic heterocycles. The van der Waals surface area contributed by atoms with Gasteiger partial charge >= 0.3 is 0 Å². The number of hydrogen-bond acceptors (Lipinski definition) is 6. The van der Waals surface area contributed by atoms with E-state index in [0.29, 0.717) is 25.3 Å². The quantitative estimate of drug-likeness (QED) is 0.668. The molecule has 1 atom stereocenters. The number of hydrogen-bond donors (Lipinski definition) is 1. The van der Waals surface area contributed by atoms with E-state index in [-0.39, 0.29) is 23.6 Å². The van der Waals surface area contributed by atoms with Gasteiger partial charge in [-0.3, -0.25) is 14.6 Å². The number of aryl methyl sites for hydroxylation is 1. The second-order valence-corrected chi connectivity index (χ2v) is 7.33. The average Bonchev–Trinajstić information content (AvgIpc) is 3.43. The van der Waals surface area contributed by atoms with Crippen molar-refractivity contribution in [1.29, 1.82) is 0 Å². The molecule has 30 heavy (non-hydrogen) atoms. The Hall–Kier alpha value is -3.62. The molecule has 9 heteroatoms. The molecule has 1 fully saturated rings. The van der Waals surface area contributed by atoms with Crippen LogP contribution in [0.5, 0.6) is 0 Å². The van der Waals surface area contributed by atoms with E-state index >= 15 is 0 Å². The van der Waals surface area contributed by atoms with E-state index in [1.54, 1.807) is 22.0 Å². The summed E-state index contributed by atoms with van der Waals surface area (Å²) in [6.45, 7) is 3.40. The molecule has 3 aromatic rings. The van der Waals surface area contributed by atoms with Gasteiger partial charge in [0.15, 0.2) is 5.69 Å². The molecule has 1 aliphatic rings. The number of rotatable bonds is 6. The SMILES string of the molecule is Cc1cnc(C(=O)N2CCCC2Cn2cc(C(=O)NCc3ccccc3)nn2)cn1. The van der Waals surface area contributed by atoms with Crippen molar-refractivity contribution in [3.05, 3.63) is 71.6 Å². The first-order valence-electron chi connectivity index (χ1n) is 9.92. The lowest BCUT2D eigenvalue weighted by atomic mass is 10.2. The predicted molar refractivity (Wildman–Crippen MR) is 108 cm³/mol. The Bertz CT molecular complexity index is 1020. The Morgan fingerprint density at radius 1 is 1.13 bits per heavy atom. The molecule has 2 aromatic heterocycles. The Morgan fingerprint density at radius 2 is 1.97 bits per heavy atom. The third-order valence-electron chi connectivity index (χ3n) is 5.10. The van der Waals surface area contributed by atoms with Crippen LogP contribution < -0.4 is 5.32 Å². The number of nitrogens with one attached hydrogen (secondary N) is 1. The minimum absolute atomic E-state index is 0.0254. The number of aromatic nitrogens is 5. The lowest BCUT2D eigenvalue weighted by Gasteiger charge is -2.24. The first kappa shape index (κ1) is 19.7. The Morgan fingerprint density at radius 3 is 2.73 bits per heavy atom. The average molecular weight is 405 g/mol. The molecule has 1 N–H and O–H groups in total. The maximum atomic E-state index is 12.8. The molecule has 3 heterocycles. The van der Waals surface area contributed by atoms with Gasteiger partial charge in [-0.1, -0.05) is 35.5 Å². The summed E-state index contributed by atoms with van der Waals surface area (Å²) in [5, 5.41) is 10.9. The maximum Gasteiger partial charge on any atom is 0.274 e. The highest BCUT2D eigenvalue weighted by atomic mass is 16.2. The Labute approximate surface area is 174 Å². The van der Waals surface area contributed by atoms with Gasteiger partial charge in [-0.25, -0.2) is 9.67 Å². The van der Waals surface area contributed by atoms with Crippen molar-refractivity contribution < 1.29 is 9.59 Å². The van der Waals surface area contributed by atoms with Crippen LogP contribution in [0.15, 0.2) is 48.9 Å². The zero-order chi connectivity index (χ0) is 20.9. The monoisotopic (exact) mass is 405 g/mol. The van der Waals surface area contributed by atoms with E-state index in [4.69, 9.17) is 0 Å². The van der Waals surface area contributed by atoms with Crippen molar-refractivity contribution in [2.45, 2.75) is 38.9 Å². The maximum absolute atomic E-state index is 12.8. The predicted octanol–water partition coefficient (Wildman–Crippen LogP) is 1.61. The van der Waals surface area contributed by atoms with Crippen LogP contribution in [-0.4, -0.2) is 54.3 Å². The van der Waals surface area contributed by atoms with Crippen molar-refractivity contribution in [1.82, 2.24) is 35.2 Å². The summed E-state index contributed by atoms with van der Waals surface area (Å²) in [4.78, 5) is 35.3. The molecular weight excluding hydrogens is 382 g/mol. The van der Waals surface area contributed by atoms with Crippen LogP contribution in [0, 0.1) is 6.92 Å². The fraction of sp³-hybridized carbons (Fsp3) is 0.333. The summed E-state index contributed by atoms with van der Waals surface area (Å²) in [5.41, 5.74) is 2.38. The molecule has 4 rings (SSSR count). The van der Waals surface area contributed by atoms with Crippen LogP contribution in [0.1, 0.15) is 45.1 Å². The van der Waals surface area contributed by atoms with Crippen LogP contribution in [0.3, 0.4) is 0 Å². The number of nitrogens with zero attached hydrogens (tertiary/aromatic N) is 6. The first-order valence-corrected chi connectivity index (χ1v) is 9.92. The van der Waals surface area contributed by atoms with Gasteiger partial charge in [0.05, 0.1) is 30.7 Å². The van der Waals surface area contributed by atoms with E-state index in [1.165, 1.54) is 6.20 Å². The first-order chi connectivity index (χ1) is 14.6. The lowest BCUT2D eigenvalue weighted by molar-refractivity contribution is 0.0714. The molecule has 1 aromatic carbocycles. The number of likely N-dealkylation sites (tertiary alicyclic amines) is 1. The van der Waals surface area contributed by atoms with Gasteiger partial charge in [-0.2, -0.15) is 0 Å². The second kappa shape index (κ2) is 8.81. The van der Waals surface area contributed by atoms with Crippen LogP contribution >= 0.6 is 0 Å². The number of carbonyl (C=O) groups excluding carboxylic acids is 2. The summed E-state index contributed by atoms with van der Waals surface area (Å²) in [6, 6.07) is 9.65. The van der Waals surface area contributed by atoms with Gasteiger partial charge in [0.2, 0.25) is 0 Å². The van der Waals surface area contributed by atoms with Crippen molar-refractivity contribution in [3.63, 3.8) is 0 Å². The molecule has 9 nitrogen and oxygen atoms in total. The largest absolute Gasteiger partial charge is 0.347 e. The molecule has 0 radical (unpaired) electrons. The van der Waals surface area contributed by atoms with Gasteiger partial charge in [-0.15, -0.1) is 5.10 Å². The van der Waals surface area contributed by atoms with Crippen molar-refractivity contribution in [3.8, 4) is 0 Å². The highest BCUT2D eigenvalue weighted by Crippen LogP contribution is 2.20. The van der Waals surface area contributed by atoms with Crippen molar-refractivity contribution in [2.75, 3.05) is 6.54 Å². The summed E-state index contributed by atoms with van der Waals surface area (Å²) < 4.78 is 1.62. The lowest BCUT2D eigenvalue weighted by Crippen LogP contribution is -2.38. The normalized spacial score (nSPS) is 15.9. The minimum atomic E-state index is -0.278. The third-order valence-corrected chi connectivity index (χ3v) is 5.10. The summed E-state index contributed by atoms with van der Waals surface area (Å²) >= 11 is 0. The molecule has 1 unspecified atom stereocenters. The molecule has 0 spiro atoms. The van der Waals surface area contributed by atoms with E-state index in [0.717, 1.165) is 24.1 Å². The standard InChI is InChI=1S/C21H23N7O2/c1-15-10-23-18(12-22-15)21(30)28-9-5-8-17(28)13-27-14-19(25-26-27)20(29)24-11-16-6-3-2-4-7-16/h2-4,6-7,10,12,14,17H,5,8-9,11,13H2,1H3,(H,24,29). The number of carbonyl (C=O) groups is 2. The van der Waals surface area contributed by atoms with E-state index < -0.39 is 0 Å². The zero-order valence-electron chi connectivity index (χ0n) is 16.7. The van der Waals surface area contributed by atoms with E-state index in [1.807, 2.05) is 37.3 Å². The molecule has 154 valence electrons. The van der Waals surface area contributed by atoms with Crippen LogP contribution in [0.2, 0.25) is 0 Å². The molecule has 0 aliphatic carbocycles. The van der Waals surface area contributed by atoms with E-state index in [2.05, 4.69) is 25.6 Å². The Kier molecular flexibility index (Phi) is 5.78. The number of amides is 2. The fourth-order valence-electron chi connectivity index (χ4n) is 3.52. The molecule has 2 amide bonds.